The summed E-state index contributed by atoms with van der Waals surface area (Å²) >= 11 is 13.0. The molecule has 1 N–H and O–H groups in total. The SMILES string of the molecule is O=C(Nc1cc(Cl)nc(Cl)n1)C1CCCS1. The maximum absolute atomic E-state index is 11.8. The van der Waals surface area contributed by atoms with Crippen LogP contribution in [-0.4, -0.2) is 26.9 Å². The van der Waals surface area contributed by atoms with Gasteiger partial charge < -0.3 is 5.32 Å². The van der Waals surface area contributed by atoms with Crippen molar-refractivity contribution in [1.82, 2.24) is 9.97 Å². The first-order chi connectivity index (χ1) is 7.65. The van der Waals surface area contributed by atoms with Crippen LogP contribution in [0.5, 0.6) is 0 Å². The lowest BCUT2D eigenvalue weighted by atomic mass is 10.2. The molecule has 1 amide bonds. The molecule has 0 spiro atoms. The largest absolute Gasteiger partial charge is 0.310 e. The number of nitrogens with one attached hydrogen (secondary N) is 1. The van der Waals surface area contributed by atoms with E-state index in [1.165, 1.54) is 6.07 Å². The van der Waals surface area contributed by atoms with Crippen molar-refractivity contribution < 1.29 is 4.79 Å². The smallest absolute Gasteiger partial charge is 0.238 e. The van der Waals surface area contributed by atoms with Crippen LogP contribution in [0, 0.1) is 0 Å². The maximum atomic E-state index is 11.8. The van der Waals surface area contributed by atoms with E-state index in [1.54, 1.807) is 11.8 Å². The Labute approximate surface area is 107 Å². The second-order valence-corrected chi connectivity index (χ2v) is 5.37. The van der Waals surface area contributed by atoms with Gasteiger partial charge in [0.05, 0.1) is 5.25 Å². The number of anilines is 1. The Morgan fingerprint density at radius 1 is 1.50 bits per heavy atom. The van der Waals surface area contributed by atoms with Crippen molar-refractivity contribution in [2.45, 2.75) is 18.1 Å². The van der Waals surface area contributed by atoms with Crippen LogP contribution in [0.15, 0.2) is 6.07 Å². The van der Waals surface area contributed by atoms with Crippen molar-refractivity contribution in [1.29, 1.82) is 0 Å². The van der Waals surface area contributed by atoms with Crippen molar-refractivity contribution in [3.05, 3.63) is 16.5 Å². The molecule has 4 nitrogen and oxygen atoms in total. The Morgan fingerprint density at radius 3 is 2.94 bits per heavy atom. The Kier molecular flexibility index (Phi) is 3.89. The van der Waals surface area contributed by atoms with Crippen LogP contribution >= 0.6 is 35.0 Å². The Hall–Kier alpha value is -0.520. The quantitative estimate of drug-likeness (QED) is 0.667. The molecule has 0 saturated carbocycles. The summed E-state index contributed by atoms with van der Waals surface area (Å²) in [5, 5.41) is 2.94. The highest BCUT2D eigenvalue weighted by atomic mass is 35.5. The van der Waals surface area contributed by atoms with E-state index in [9.17, 15) is 4.79 Å². The van der Waals surface area contributed by atoms with E-state index in [2.05, 4.69) is 15.3 Å². The number of amides is 1. The van der Waals surface area contributed by atoms with Gasteiger partial charge in [-0.05, 0) is 30.2 Å². The average molecular weight is 278 g/mol. The van der Waals surface area contributed by atoms with Gasteiger partial charge in [0.2, 0.25) is 11.2 Å². The molecule has 1 aliphatic rings. The summed E-state index contributed by atoms with van der Waals surface area (Å²) in [4.78, 5) is 19.3. The highest BCUT2D eigenvalue weighted by molar-refractivity contribution is 8.00. The molecule has 86 valence electrons. The van der Waals surface area contributed by atoms with E-state index in [1.807, 2.05) is 0 Å². The topological polar surface area (TPSA) is 54.9 Å². The molecule has 2 heterocycles. The molecule has 1 saturated heterocycles. The fourth-order valence-electron chi connectivity index (χ4n) is 1.45. The van der Waals surface area contributed by atoms with Gasteiger partial charge in [-0.3, -0.25) is 4.79 Å². The van der Waals surface area contributed by atoms with E-state index in [0.29, 0.717) is 5.82 Å². The van der Waals surface area contributed by atoms with Gasteiger partial charge in [-0.15, -0.1) is 11.8 Å². The zero-order valence-corrected chi connectivity index (χ0v) is 10.6. The molecular weight excluding hydrogens is 269 g/mol. The number of nitrogens with zero attached hydrogens (tertiary/aromatic N) is 2. The number of rotatable bonds is 2. The number of halogens is 2. The van der Waals surface area contributed by atoms with E-state index in [-0.39, 0.29) is 21.6 Å². The monoisotopic (exact) mass is 277 g/mol. The second-order valence-electron chi connectivity index (χ2n) is 3.34. The van der Waals surface area contributed by atoms with Crippen LogP contribution in [0.3, 0.4) is 0 Å². The Balaban J connectivity index is 2.05. The van der Waals surface area contributed by atoms with Gasteiger partial charge in [-0.2, -0.15) is 0 Å². The zero-order chi connectivity index (χ0) is 11.5. The first-order valence-electron chi connectivity index (χ1n) is 4.78. The predicted molar refractivity (Wildman–Crippen MR) is 66.2 cm³/mol. The molecule has 1 aliphatic heterocycles. The summed E-state index contributed by atoms with van der Waals surface area (Å²) in [6.45, 7) is 0. The van der Waals surface area contributed by atoms with Gasteiger partial charge in [0, 0.05) is 6.07 Å². The second kappa shape index (κ2) is 5.21. The molecule has 7 heteroatoms. The molecule has 1 fully saturated rings. The molecule has 2 rings (SSSR count). The van der Waals surface area contributed by atoms with Crippen molar-refractivity contribution in [3.63, 3.8) is 0 Å². The molecule has 0 aliphatic carbocycles. The third-order valence-electron chi connectivity index (χ3n) is 2.14. The summed E-state index contributed by atoms with van der Waals surface area (Å²) in [6.07, 6.45) is 1.98. The molecule has 16 heavy (non-hydrogen) atoms. The number of carbonyl (C=O) groups excluding carboxylic acids is 1. The maximum Gasteiger partial charge on any atom is 0.238 e. The molecule has 1 aromatic rings. The predicted octanol–water partition coefficient (Wildman–Crippen LogP) is 2.62. The van der Waals surface area contributed by atoms with E-state index < -0.39 is 0 Å². The van der Waals surface area contributed by atoms with Crippen molar-refractivity contribution in [3.8, 4) is 0 Å². The normalized spacial score (nSPS) is 19.8. The zero-order valence-electron chi connectivity index (χ0n) is 8.24. The number of aromatic nitrogens is 2. The van der Waals surface area contributed by atoms with Crippen LogP contribution in [0.1, 0.15) is 12.8 Å². The molecular formula is C9H9Cl2N3OS. The fraction of sp³-hybridized carbons (Fsp3) is 0.444. The average Bonchev–Trinajstić information content (AvgIpc) is 2.68. The fourth-order valence-corrected chi connectivity index (χ4v) is 3.02. The van der Waals surface area contributed by atoms with Gasteiger partial charge in [-0.25, -0.2) is 9.97 Å². The van der Waals surface area contributed by atoms with Crippen LogP contribution in [-0.2, 0) is 4.79 Å². The van der Waals surface area contributed by atoms with Crippen LogP contribution in [0.2, 0.25) is 10.4 Å². The minimum absolute atomic E-state index is 0.00696. The van der Waals surface area contributed by atoms with Crippen LogP contribution in [0.4, 0.5) is 5.82 Å². The van der Waals surface area contributed by atoms with Crippen molar-refractivity contribution in [2.24, 2.45) is 0 Å². The third kappa shape index (κ3) is 2.99. The summed E-state index contributed by atoms with van der Waals surface area (Å²) in [5.41, 5.74) is 0. The van der Waals surface area contributed by atoms with Gasteiger partial charge in [-0.1, -0.05) is 11.6 Å². The van der Waals surface area contributed by atoms with Crippen LogP contribution < -0.4 is 5.32 Å². The molecule has 1 unspecified atom stereocenters. The number of thioether (sulfide) groups is 1. The Bertz CT molecular complexity index is 389. The molecule has 0 radical (unpaired) electrons. The minimum Gasteiger partial charge on any atom is -0.310 e. The molecule has 1 atom stereocenters. The molecule has 1 aromatic heterocycles. The lowest BCUT2D eigenvalue weighted by molar-refractivity contribution is -0.115. The summed E-state index contributed by atoms with van der Waals surface area (Å²) in [6, 6.07) is 1.48. The molecule has 0 bridgehead atoms. The van der Waals surface area contributed by atoms with Gasteiger partial charge in [0.1, 0.15) is 11.0 Å². The first-order valence-corrected chi connectivity index (χ1v) is 6.58. The van der Waals surface area contributed by atoms with Gasteiger partial charge in [0.25, 0.3) is 0 Å². The van der Waals surface area contributed by atoms with E-state index >= 15 is 0 Å². The van der Waals surface area contributed by atoms with Crippen LogP contribution in [0.25, 0.3) is 0 Å². The number of hydrogen-bond acceptors (Lipinski definition) is 4. The Morgan fingerprint density at radius 2 is 2.31 bits per heavy atom. The van der Waals surface area contributed by atoms with Gasteiger partial charge >= 0.3 is 0 Å². The highest BCUT2D eigenvalue weighted by Gasteiger charge is 2.23. The first kappa shape index (κ1) is 12.0. The summed E-state index contributed by atoms with van der Waals surface area (Å²) < 4.78 is 0. The lowest BCUT2D eigenvalue weighted by Crippen LogP contribution is -2.23. The molecule has 0 aromatic carbocycles. The highest BCUT2D eigenvalue weighted by Crippen LogP contribution is 2.27. The van der Waals surface area contributed by atoms with E-state index in [0.717, 1.165) is 18.6 Å². The van der Waals surface area contributed by atoms with Crippen molar-refractivity contribution in [2.75, 3.05) is 11.1 Å². The number of hydrogen-bond donors (Lipinski definition) is 1. The lowest BCUT2D eigenvalue weighted by Gasteiger charge is -2.09. The number of carbonyl (C=O) groups is 1. The van der Waals surface area contributed by atoms with Crippen molar-refractivity contribution >= 4 is 46.7 Å². The summed E-state index contributed by atoms with van der Waals surface area (Å²) in [7, 11) is 0. The standard InChI is InChI=1S/C9H9Cl2N3OS/c10-6-4-7(14-9(11)12-6)13-8(15)5-2-1-3-16-5/h4-5H,1-3H2,(H,12,13,14,15). The minimum atomic E-state index is -0.0478. The summed E-state index contributed by atoms with van der Waals surface area (Å²) in [5.74, 6) is 1.33. The third-order valence-corrected chi connectivity index (χ3v) is 3.88. The van der Waals surface area contributed by atoms with E-state index in [4.69, 9.17) is 23.2 Å². The van der Waals surface area contributed by atoms with Gasteiger partial charge in [0.15, 0.2) is 0 Å².